The van der Waals surface area contributed by atoms with Crippen molar-refractivity contribution < 1.29 is 8.42 Å². The highest BCUT2D eigenvalue weighted by atomic mass is 32.2. The molecule has 0 fully saturated rings. The van der Waals surface area contributed by atoms with Gasteiger partial charge in [-0.25, -0.2) is 13.4 Å². The monoisotopic (exact) mass is 321 g/mol. The van der Waals surface area contributed by atoms with Crippen LogP contribution >= 0.6 is 0 Å². The molecule has 0 aliphatic rings. The van der Waals surface area contributed by atoms with E-state index in [1.165, 1.54) is 10.9 Å². The summed E-state index contributed by atoms with van der Waals surface area (Å²) in [5.74, 6) is 0.387. The van der Waals surface area contributed by atoms with Crippen LogP contribution in [0, 0.1) is 0 Å². The fraction of sp³-hybridized carbons (Fsp3) is 0.333. The molecule has 1 N–H and O–H groups in total. The first-order valence-corrected chi connectivity index (χ1v) is 8.47. The molecule has 1 atom stereocenters. The van der Waals surface area contributed by atoms with Gasteiger partial charge in [-0.15, -0.1) is 0 Å². The molecule has 0 spiro atoms. The Kier molecular flexibility index (Phi) is 4.65. The maximum atomic E-state index is 12.3. The molecule has 2 aromatic rings. The van der Waals surface area contributed by atoms with Crippen molar-refractivity contribution in [2.45, 2.75) is 31.1 Å². The molecule has 2 rings (SSSR count). The van der Waals surface area contributed by atoms with E-state index in [0.717, 1.165) is 18.1 Å². The first-order chi connectivity index (χ1) is 10.3. The highest BCUT2D eigenvalue weighted by Gasteiger charge is 2.15. The molecule has 0 aliphatic carbocycles. The average Bonchev–Trinajstić information content (AvgIpc) is 2.50. The second-order valence-electron chi connectivity index (χ2n) is 5.21. The molecule has 1 heterocycles. The van der Waals surface area contributed by atoms with Gasteiger partial charge in [-0.05, 0) is 30.0 Å². The van der Waals surface area contributed by atoms with Gasteiger partial charge in [0.2, 0.25) is 0 Å². The van der Waals surface area contributed by atoms with Crippen LogP contribution in [0.1, 0.15) is 31.7 Å². The number of aryl methyl sites for hydroxylation is 1. The largest absolute Gasteiger partial charge is 0.302 e. The van der Waals surface area contributed by atoms with Gasteiger partial charge in [0.25, 0.3) is 15.6 Å². The molecule has 1 unspecified atom stereocenters. The van der Waals surface area contributed by atoms with Crippen molar-refractivity contribution in [2.75, 3.05) is 4.72 Å². The Labute approximate surface area is 129 Å². The van der Waals surface area contributed by atoms with Gasteiger partial charge in [0.15, 0.2) is 0 Å². The van der Waals surface area contributed by atoms with Crippen molar-refractivity contribution in [1.29, 1.82) is 0 Å². The second-order valence-corrected chi connectivity index (χ2v) is 6.89. The van der Waals surface area contributed by atoms with Crippen molar-refractivity contribution in [3.05, 3.63) is 52.6 Å². The lowest BCUT2D eigenvalue weighted by Gasteiger charge is -2.11. The summed E-state index contributed by atoms with van der Waals surface area (Å²) < 4.78 is 28.2. The number of hydrogen-bond acceptors (Lipinski definition) is 4. The lowest BCUT2D eigenvalue weighted by atomic mass is 9.99. The third kappa shape index (κ3) is 3.54. The van der Waals surface area contributed by atoms with E-state index in [-0.39, 0.29) is 16.3 Å². The van der Waals surface area contributed by atoms with E-state index in [9.17, 15) is 13.2 Å². The maximum Gasteiger partial charge on any atom is 0.263 e. The molecule has 0 saturated carbocycles. The zero-order valence-corrected chi connectivity index (χ0v) is 13.6. The summed E-state index contributed by atoms with van der Waals surface area (Å²) in [6, 6.07) is 7.88. The molecule has 1 aromatic carbocycles. The zero-order chi connectivity index (χ0) is 16.3. The minimum Gasteiger partial charge on any atom is -0.302 e. The molecule has 0 radical (unpaired) electrons. The van der Waals surface area contributed by atoms with Crippen molar-refractivity contribution in [3.8, 4) is 0 Å². The number of hydrogen-bond donors (Lipinski definition) is 1. The normalized spacial score (nSPS) is 12.9. The van der Waals surface area contributed by atoms with Gasteiger partial charge in [-0.3, -0.25) is 9.52 Å². The quantitative estimate of drug-likeness (QED) is 0.914. The topological polar surface area (TPSA) is 81.1 Å². The third-order valence-corrected chi connectivity index (χ3v) is 4.96. The Hall–Kier alpha value is -2.15. The maximum absolute atomic E-state index is 12.3. The Bertz CT molecular complexity index is 811. The summed E-state index contributed by atoms with van der Waals surface area (Å²) >= 11 is 0. The van der Waals surface area contributed by atoms with E-state index >= 15 is 0 Å². The lowest BCUT2D eigenvalue weighted by Crippen LogP contribution is -2.20. The summed E-state index contributed by atoms with van der Waals surface area (Å²) in [7, 11) is -2.21. The van der Waals surface area contributed by atoms with Crippen LogP contribution in [0.3, 0.4) is 0 Å². The van der Waals surface area contributed by atoms with Crippen molar-refractivity contribution in [3.63, 3.8) is 0 Å². The van der Waals surface area contributed by atoms with E-state index < -0.39 is 10.0 Å². The number of nitrogens with one attached hydrogen (secondary N) is 1. The number of nitrogens with zero attached hydrogens (tertiary/aromatic N) is 2. The van der Waals surface area contributed by atoms with Crippen LogP contribution in [-0.4, -0.2) is 18.0 Å². The smallest absolute Gasteiger partial charge is 0.263 e. The fourth-order valence-corrected chi connectivity index (χ4v) is 2.92. The number of aromatic nitrogens is 2. The second kappa shape index (κ2) is 6.31. The van der Waals surface area contributed by atoms with Crippen LogP contribution in [-0.2, 0) is 17.1 Å². The van der Waals surface area contributed by atoms with E-state index in [1.807, 2.05) is 0 Å². The molecule has 118 valence electrons. The first kappa shape index (κ1) is 16.2. The highest BCUT2D eigenvalue weighted by Crippen LogP contribution is 2.21. The van der Waals surface area contributed by atoms with Gasteiger partial charge < -0.3 is 4.57 Å². The minimum absolute atomic E-state index is 0.00843. The standard InChI is InChI=1S/C15H19N3O3S/c1-4-11(2)12-5-7-13(8-6-12)22(20,21)17-14-9-15(19)18(3)10-16-14/h5-11,17H,4H2,1-3H3. The van der Waals surface area contributed by atoms with E-state index in [2.05, 4.69) is 23.6 Å². The number of anilines is 1. The minimum atomic E-state index is -3.75. The van der Waals surface area contributed by atoms with Crippen LogP contribution in [0.15, 0.2) is 46.3 Å². The predicted molar refractivity (Wildman–Crippen MR) is 85.4 cm³/mol. The number of rotatable bonds is 5. The Balaban J connectivity index is 2.26. The van der Waals surface area contributed by atoms with E-state index in [4.69, 9.17) is 0 Å². The van der Waals surface area contributed by atoms with Crippen LogP contribution in [0.2, 0.25) is 0 Å². The average molecular weight is 321 g/mol. The van der Waals surface area contributed by atoms with Crippen LogP contribution in [0.4, 0.5) is 5.82 Å². The molecular formula is C15H19N3O3S. The van der Waals surface area contributed by atoms with Crippen LogP contribution < -0.4 is 10.3 Å². The van der Waals surface area contributed by atoms with Crippen molar-refractivity contribution >= 4 is 15.8 Å². The molecule has 6 nitrogen and oxygen atoms in total. The molecule has 0 bridgehead atoms. The van der Waals surface area contributed by atoms with Crippen molar-refractivity contribution in [2.24, 2.45) is 7.05 Å². The third-order valence-electron chi connectivity index (χ3n) is 3.59. The Morgan fingerprint density at radius 3 is 2.45 bits per heavy atom. The summed E-state index contributed by atoms with van der Waals surface area (Å²) in [6.07, 6.45) is 2.26. The van der Waals surface area contributed by atoms with Gasteiger partial charge in [-0.2, -0.15) is 0 Å². The zero-order valence-electron chi connectivity index (χ0n) is 12.8. The molecule has 0 aliphatic heterocycles. The summed E-state index contributed by atoms with van der Waals surface area (Å²) in [5, 5.41) is 0. The lowest BCUT2D eigenvalue weighted by molar-refractivity contribution is 0.600. The molecule has 1 aromatic heterocycles. The molecule has 7 heteroatoms. The van der Waals surface area contributed by atoms with Gasteiger partial charge >= 0.3 is 0 Å². The molecule has 0 amide bonds. The van der Waals surface area contributed by atoms with Crippen LogP contribution in [0.5, 0.6) is 0 Å². The van der Waals surface area contributed by atoms with Crippen LogP contribution in [0.25, 0.3) is 0 Å². The SMILES string of the molecule is CCC(C)c1ccc(S(=O)(=O)Nc2cc(=O)n(C)cn2)cc1. The van der Waals surface area contributed by atoms with Gasteiger partial charge in [0.05, 0.1) is 11.2 Å². The summed E-state index contributed by atoms with van der Waals surface area (Å²) in [5.41, 5.74) is 0.757. The van der Waals surface area contributed by atoms with E-state index in [0.29, 0.717) is 5.92 Å². The molecule has 22 heavy (non-hydrogen) atoms. The number of sulfonamides is 1. The highest BCUT2D eigenvalue weighted by molar-refractivity contribution is 7.92. The first-order valence-electron chi connectivity index (χ1n) is 6.99. The molecular weight excluding hydrogens is 302 g/mol. The Morgan fingerprint density at radius 2 is 1.91 bits per heavy atom. The summed E-state index contributed by atoms with van der Waals surface area (Å²) in [4.78, 5) is 15.5. The van der Waals surface area contributed by atoms with Gasteiger partial charge in [0.1, 0.15) is 5.82 Å². The van der Waals surface area contributed by atoms with Gasteiger partial charge in [-0.1, -0.05) is 26.0 Å². The predicted octanol–water partition coefficient (Wildman–Crippen LogP) is 2.09. The van der Waals surface area contributed by atoms with E-state index in [1.54, 1.807) is 31.3 Å². The number of benzene rings is 1. The molecule has 0 saturated heterocycles. The van der Waals surface area contributed by atoms with Crippen molar-refractivity contribution in [1.82, 2.24) is 9.55 Å². The summed E-state index contributed by atoms with van der Waals surface area (Å²) in [6.45, 7) is 4.17. The Morgan fingerprint density at radius 1 is 1.27 bits per heavy atom. The fourth-order valence-electron chi connectivity index (χ4n) is 1.93. The van der Waals surface area contributed by atoms with Gasteiger partial charge in [0, 0.05) is 13.1 Å².